The summed E-state index contributed by atoms with van der Waals surface area (Å²) >= 11 is 0. The van der Waals surface area contributed by atoms with Gasteiger partial charge in [0.05, 0.1) is 0 Å². The Bertz CT molecular complexity index is 1540. The molecule has 0 aliphatic carbocycles. The molecule has 0 amide bonds. The summed E-state index contributed by atoms with van der Waals surface area (Å²) in [7, 11) is 0. The molecule has 0 spiro atoms. The van der Waals surface area contributed by atoms with Crippen molar-refractivity contribution in [1.29, 1.82) is 0 Å². The van der Waals surface area contributed by atoms with Gasteiger partial charge in [-0.2, -0.15) is 0 Å². The summed E-state index contributed by atoms with van der Waals surface area (Å²) < 4.78 is 16.9. The van der Waals surface area contributed by atoms with Gasteiger partial charge < -0.3 is 14.2 Å². The molecule has 0 rings (SSSR count). The minimum absolute atomic E-state index is 0.0821. The summed E-state index contributed by atoms with van der Waals surface area (Å²) in [6.45, 7) is 6.47. The standard InChI is InChI=1S/C73H126O6/c1-4-7-10-13-16-19-22-24-26-27-28-29-30-31-32-33-34-35-36-37-38-39-40-41-42-43-44-45-47-48-51-54-57-60-63-66-72(75)78-69-70(68-77-71(74)65-62-59-56-53-50-21-18-15-12-9-6-3)79-73(76)67-64-61-58-55-52-49-46-25-23-20-17-14-11-8-5-2/h7,10,15-20,24-26,28-29,31-32,46,70H,4-6,8-9,11-14,21-23,27,30,33-45,47-69H2,1-3H3/b10-7-,18-15-,19-16-,20-17-,26-24-,29-28-,32-31-,46-25-. The SMILES string of the molecule is CC/C=C\C/C=C\C/C=C\C/C=C\C/C=C\CCCCCCCCCCCCCCCCCCCCCC(=O)OCC(COC(=O)CCCCCCC/C=C\CCCC)OC(=O)CCCCCCC/C=C\C/C=C\CCCCC. The number of allylic oxidation sites excluding steroid dienone is 16. The second kappa shape index (κ2) is 66.8. The minimum Gasteiger partial charge on any atom is -0.462 e. The van der Waals surface area contributed by atoms with Crippen molar-refractivity contribution in [1.82, 2.24) is 0 Å². The van der Waals surface area contributed by atoms with Crippen LogP contribution in [-0.4, -0.2) is 37.2 Å². The Morgan fingerprint density at radius 3 is 0.823 bits per heavy atom. The van der Waals surface area contributed by atoms with Crippen LogP contribution in [0, 0.1) is 0 Å². The lowest BCUT2D eigenvalue weighted by atomic mass is 10.0. The molecule has 0 fully saturated rings. The van der Waals surface area contributed by atoms with Crippen LogP contribution in [0.2, 0.25) is 0 Å². The van der Waals surface area contributed by atoms with Crippen LogP contribution < -0.4 is 0 Å². The molecule has 0 saturated heterocycles. The highest BCUT2D eigenvalue weighted by Gasteiger charge is 2.19. The van der Waals surface area contributed by atoms with Crippen molar-refractivity contribution >= 4 is 17.9 Å². The van der Waals surface area contributed by atoms with E-state index in [1.165, 1.54) is 167 Å². The monoisotopic (exact) mass is 1100 g/mol. The molecule has 0 saturated carbocycles. The Kier molecular flexibility index (Phi) is 63.7. The first-order chi connectivity index (χ1) is 39.0. The number of hydrogen-bond acceptors (Lipinski definition) is 6. The lowest BCUT2D eigenvalue weighted by Gasteiger charge is -2.18. The van der Waals surface area contributed by atoms with Crippen molar-refractivity contribution in [3.8, 4) is 0 Å². The van der Waals surface area contributed by atoms with Gasteiger partial charge in [0.1, 0.15) is 13.2 Å². The Hall–Kier alpha value is -3.67. The van der Waals surface area contributed by atoms with Crippen molar-refractivity contribution in [3.05, 3.63) is 97.2 Å². The summed E-state index contributed by atoms with van der Waals surface area (Å²) in [5.74, 6) is -0.894. The molecule has 6 heteroatoms. The van der Waals surface area contributed by atoms with Gasteiger partial charge in [0.15, 0.2) is 6.10 Å². The van der Waals surface area contributed by atoms with Gasteiger partial charge in [-0.05, 0) is 116 Å². The molecule has 0 aliphatic rings. The molecule has 454 valence electrons. The van der Waals surface area contributed by atoms with Crippen LogP contribution in [0.25, 0.3) is 0 Å². The second-order valence-electron chi connectivity index (χ2n) is 22.3. The van der Waals surface area contributed by atoms with E-state index in [0.717, 1.165) is 122 Å². The van der Waals surface area contributed by atoms with E-state index in [1.807, 2.05) is 0 Å². The van der Waals surface area contributed by atoms with Crippen LogP contribution in [0.1, 0.15) is 329 Å². The van der Waals surface area contributed by atoms with Crippen molar-refractivity contribution in [2.24, 2.45) is 0 Å². The molecule has 6 nitrogen and oxygen atoms in total. The molecule has 0 aromatic carbocycles. The fourth-order valence-corrected chi connectivity index (χ4v) is 9.48. The Labute approximate surface area is 489 Å². The largest absolute Gasteiger partial charge is 0.462 e. The molecule has 0 aliphatic heterocycles. The fraction of sp³-hybridized carbons (Fsp3) is 0.740. The first kappa shape index (κ1) is 75.3. The molecule has 0 bridgehead atoms. The first-order valence-electron chi connectivity index (χ1n) is 33.7. The molecular weight excluding hydrogens is 973 g/mol. The van der Waals surface area contributed by atoms with Gasteiger partial charge >= 0.3 is 17.9 Å². The maximum Gasteiger partial charge on any atom is 0.306 e. The van der Waals surface area contributed by atoms with Gasteiger partial charge in [-0.15, -0.1) is 0 Å². The second-order valence-corrected chi connectivity index (χ2v) is 22.3. The van der Waals surface area contributed by atoms with Gasteiger partial charge in [-0.25, -0.2) is 0 Å². The van der Waals surface area contributed by atoms with E-state index >= 15 is 0 Å². The topological polar surface area (TPSA) is 78.9 Å². The third kappa shape index (κ3) is 65.0. The van der Waals surface area contributed by atoms with Gasteiger partial charge in [-0.3, -0.25) is 14.4 Å². The number of esters is 3. The van der Waals surface area contributed by atoms with Crippen LogP contribution in [0.3, 0.4) is 0 Å². The highest BCUT2D eigenvalue weighted by molar-refractivity contribution is 5.71. The average Bonchev–Trinajstić information content (AvgIpc) is 3.45. The van der Waals surface area contributed by atoms with E-state index < -0.39 is 6.10 Å². The molecule has 0 radical (unpaired) electrons. The van der Waals surface area contributed by atoms with Gasteiger partial charge in [-0.1, -0.05) is 291 Å². The number of carbonyl (C=O) groups is 3. The quantitative estimate of drug-likeness (QED) is 0.0261. The molecule has 1 atom stereocenters. The maximum atomic E-state index is 12.9. The van der Waals surface area contributed by atoms with E-state index in [2.05, 4.69) is 118 Å². The van der Waals surface area contributed by atoms with Crippen molar-refractivity contribution in [3.63, 3.8) is 0 Å². The first-order valence-corrected chi connectivity index (χ1v) is 33.7. The average molecular weight is 1100 g/mol. The lowest BCUT2D eigenvalue weighted by molar-refractivity contribution is -0.167. The molecule has 0 aromatic rings. The number of rotatable bonds is 61. The van der Waals surface area contributed by atoms with E-state index in [1.54, 1.807) is 0 Å². The van der Waals surface area contributed by atoms with Crippen molar-refractivity contribution < 1.29 is 28.6 Å². The predicted octanol–water partition coefficient (Wildman–Crippen LogP) is 23.2. The fourth-order valence-electron chi connectivity index (χ4n) is 9.48. The molecule has 1 unspecified atom stereocenters. The van der Waals surface area contributed by atoms with E-state index in [4.69, 9.17) is 14.2 Å². The zero-order valence-corrected chi connectivity index (χ0v) is 52.1. The van der Waals surface area contributed by atoms with E-state index in [9.17, 15) is 14.4 Å². The van der Waals surface area contributed by atoms with Gasteiger partial charge in [0.2, 0.25) is 0 Å². The van der Waals surface area contributed by atoms with Crippen LogP contribution in [-0.2, 0) is 28.6 Å². The Balaban J connectivity index is 4.08. The summed E-state index contributed by atoms with van der Waals surface area (Å²) in [4.78, 5) is 38.2. The zero-order valence-electron chi connectivity index (χ0n) is 52.1. The van der Waals surface area contributed by atoms with Crippen LogP contribution in [0.15, 0.2) is 97.2 Å². The number of unbranched alkanes of at least 4 members (excludes halogenated alkanes) is 34. The smallest absolute Gasteiger partial charge is 0.306 e. The lowest BCUT2D eigenvalue weighted by Crippen LogP contribution is -2.30. The predicted molar refractivity (Wildman–Crippen MR) is 344 cm³/mol. The molecule has 79 heavy (non-hydrogen) atoms. The number of ether oxygens (including phenoxy) is 3. The number of hydrogen-bond donors (Lipinski definition) is 0. The highest BCUT2D eigenvalue weighted by atomic mass is 16.6. The van der Waals surface area contributed by atoms with Gasteiger partial charge in [0, 0.05) is 19.3 Å². The normalized spacial score (nSPS) is 12.7. The summed E-state index contributed by atoms with van der Waals surface area (Å²) in [6, 6.07) is 0. The third-order valence-corrected chi connectivity index (χ3v) is 14.5. The molecular formula is C73H126O6. The van der Waals surface area contributed by atoms with E-state index in [0.29, 0.717) is 19.3 Å². The Morgan fingerprint density at radius 1 is 0.266 bits per heavy atom. The Morgan fingerprint density at radius 2 is 0.506 bits per heavy atom. The maximum absolute atomic E-state index is 12.9. The highest BCUT2D eigenvalue weighted by Crippen LogP contribution is 2.17. The van der Waals surface area contributed by atoms with Crippen LogP contribution in [0.4, 0.5) is 0 Å². The van der Waals surface area contributed by atoms with Gasteiger partial charge in [0.25, 0.3) is 0 Å². The summed E-state index contributed by atoms with van der Waals surface area (Å²) in [5, 5.41) is 0. The zero-order chi connectivity index (χ0) is 57.1. The summed E-state index contributed by atoms with van der Waals surface area (Å²) in [5.41, 5.74) is 0. The molecule has 0 heterocycles. The van der Waals surface area contributed by atoms with Crippen molar-refractivity contribution in [2.75, 3.05) is 13.2 Å². The van der Waals surface area contributed by atoms with E-state index in [-0.39, 0.29) is 31.1 Å². The summed E-state index contributed by atoms with van der Waals surface area (Å²) in [6.07, 6.45) is 90.2. The third-order valence-electron chi connectivity index (χ3n) is 14.5. The van der Waals surface area contributed by atoms with Crippen LogP contribution in [0.5, 0.6) is 0 Å². The molecule has 0 aromatic heterocycles. The minimum atomic E-state index is -0.786. The number of carbonyl (C=O) groups excluding carboxylic acids is 3. The molecule has 0 N–H and O–H groups in total. The van der Waals surface area contributed by atoms with Crippen LogP contribution >= 0.6 is 0 Å². The van der Waals surface area contributed by atoms with Crippen molar-refractivity contribution in [2.45, 2.75) is 335 Å².